The van der Waals surface area contributed by atoms with Crippen molar-refractivity contribution >= 4 is 11.6 Å². The summed E-state index contributed by atoms with van der Waals surface area (Å²) in [5.74, 6) is -0.116. The fraction of sp³-hybridized carbons (Fsp3) is 0.200. The Bertz CT molecular complexity index is 815. The Balaban J connectivity index is 2.32. The van der Waals surface area contributed by atoms with E-state index in [1.54, 1.807) is 0 Å². The van der Waals surface area contributed by atoms with Crippen LogP contribution >= 0.6 is 0 Å². The highest BCUT2D eigenvalue weighted by atomic mass is 19.4. The Labute approximate surface area is 134 Å². The molecule has 0 spiro atoms. The van der Waals surface area contributed by atoms with Gasteiger partial charge in [0.2, 0.25) is 0 Å². The van der Waals surface area contributed by atoms with E-state index in [1.165, 1.54) is 32.4 Å². The summed E-state index contributed by atoms with van der Waals surface area (Å²) in [5.41, 5.74) is -2.35. The van der Waals surface area contributed by atoms with Crippen LogP contribution in [0, 0.1) is 0 Å². The number of aromatic nitrogens is 1. The largest absolute Gasteiger partial charge is 0.493 e. The van der Waals surface area contributed by atoms with Gasteiger partial charge in [0.05, 0.1) is 19.8 Å². The zero-order valence-corrected chi connectivity index (χ0v) is 12.7. The number of anilines is 1. The van der Waals surface area contributed by atoms with Gasteiger partial charge in [-0.3, -0.25) is 9.59 Å². The molecule has 0 aliphatic rings. The fourth-order valence-corrected chi connectivity index (χ4v) is 1.91. The van der Waals surface area contributed by atoms with E-state index in [-0.39, 0.29) is 11.3 Å². The van der Waals surface area contributed by atoms with E-state index >= 15 is 0 Å². The molecule has 0 unspecified atom stereocenters. The average molecular weight is 342 g/mol. The highest BCUT2D eigenvalue weighted by Crippen LogP contribution is 2.30. The third-order valence-electron chi connectivity index (χ3n) is 3.12. The maximum atomic E-state index is 12.7. The van der Waals surface area contributed by atoms with E-state index in [2.05, 4.69) is 5.32 Å². The molecule has 24 heavy (non-hydrogen) atoms. The number of rotatable bonds is 4. The molecule has 0 saturated heterocycles. The molecular weight excluding hydrogens is 329 g/mol. The number of methoxy groups -OCH3 is 2. The molecule has 2 rings (SSSR count). The first-order chi connectivity index (χ1) is 11.3. The van der Waals surface area contributed by atoms with Crippen LogP contribution in [0.2, 0.25) is 0 Å². The summed E-state index contributed by atoms with van der Waals surface area (Å²) in [4.78, 5) is 25.7. The number of benzene rings is 1. The molecule has 1 aromatic heterocycles. The van der Waals surface area contributed by atoms with Gasteiger partial charge in [0.1, 0.15) is 5.69 Å². The lowest BCUT2D eigenvalue weighted by molar-refractivity contribution is -0.137. The number of ether oxygens (including phenoxy) is 2. The van der Waals surface area contributed by atoms with Crippen LogP contribution in [0.3, 0.4) is 0 Å². The summed E-state index contributed by atoms with van der Waals surface area (Å²) < 4.78 is 48.1. The van der Waals surface area contributed by atoms with Crippen molar-refractivity contribution < 1.29 is 27.4 Å². The number of aromatic amines is 1. The van der Waals surface area contributed by atoms with Crippen molar-refractivity contribution in [1.82, 2.24) is 4.98 Å². The number of nitrogens with one attached hydrogen (secondary N) is 2. The van der Waals surface area contributed by atoms with Gasteiger partial charge in [-0.2, -0.15) is 13.2 Å². The first-order valence-corrected chi connectivity index (χ1v) is 6.59. The third kappa shape index (κ3) is 3.67. The fourth-order valence-electron chi connectivity index (χ4n) is 1.91. The Morgan fingerprint density at radius 1 is 1.12 bits per heavy atom. The summed E-state index contributed by atoms with van der Waals surface area (Å²) in [5, 5.41) is 2.15. The number of pyridine rings is 1. The average Bonchev–Trinajstić information content (AvgIpc) is 2.55. The highest BCUT2D eigenvalue weighted by Gasteiger charge is 2.31. The van der Waals surface area contributed by atoms with Gasteiger partial charge in [-0.1, -0.05) is 0 Å². The maximum Gasteiger partial charge on any atom is 0.417 e. The van der Waals surface area contributed by atoms with Gasteiger partial charge >= 0.3 is 6.18 Å². The van der Waals surface area contributed by atoms with E-state index in [0.717, 1.165) is 0 Å². The van der Waals surface area contributed by atoms with Crippen molar-refractivity contribution in [2.45, 2.75) is 6.18 Å². The van der Waals surface area contributed by atoms with Crippen LogP contribution in [0.5, 0.6) is 11.5 Å². The van der Waals surface area contributed by atoms with Gasteiger partial charge in [-0.25, -0.2) is 0 Å². The molecule has 0 aliphatic carbocycles. The Morgan fingerprint density at radius 3 is 2.38 bits per heavy atom. The number of carbonyl (C=O) groups is 1. The predicted octanol–water partition coefficient (Wildman–Crippen LogP) is 2.66. The second kappa shape index (κ2) is 6.65. The second-order valence-corrected chi connectivity index (χ2v) is 4.65. The van der Waals surface area contributed by atoms with Crippen molar-refractivity contribution in [2.24, 2.45) is 0 Å². The lowest BCUT2D eigenvalue weighted by Gasteiger charge is -2.11. The van der Waals surface area contributed by atoms with Crippen LogP contribution in [0.4, 0.5) is 18.9 Å². The van der Waals surface area contributed by atoms with Gasteiger partial charge in [0.25, 0.3) is 11.5 Å². The minimum Gasteiger partial charge on any atom is -0.493 e. The molecule has 128 valence electrons. The normalized spacial score (nSPS) is 11.0. The second-order valence-electron chi connectivity index (χ2n) is 4.65. The van der Waals surface area contributed by atoms with Gasteiger partial charge in [-0.15, -0.1) is 0 Å². The Hall–Kier alpha value is -2.97. The number of hydrogen-bond donors (Lipinski definition) is 2. The molecule has 2 N–H and O–H groups in total. The van der Waals surface area contributed by atoms with Gasteiger partial charge in [-0.05, 0) is 24.3 Å². The van der Waals surface area contributed by atoms with E-state index in [9.17, 15) is 22.8 Å². The molecule has 0 atom stereocenters. The summed E-state index contributed by atoms with van der Waals surface area (Å²) in [6.45, 7) is 0. The van der Waals surface area contributed by atoms with Crippen molar-refractivity contribution in [3.8, 4) is 11.5 Å². The number of carbonyl (C=O) groups excluding carboxylic acids is 1. The number of halogens is 3. The molecule has 6 nitrogen and oxygen atoms in total. The van der Waals surface area contributed by atoms with Gasteiger partial charge in [0, 0.05) is 11.8 Å². The number of amides is 1. The van der Waals surface area contributed by atoms with Gasteiger partial charge in [0.15, 0.2) is 11.5 Å². The molecule has 0 aliphatic heterocycles. The minimum atomic E-state index is -4.65. The van der Waals surface area contributed by atoms with Crippen LogP contribution in [0.1, 0.15) is 15.9 Å². The van der Waals surface area contributed by atoms with Crippen molar-refractivity contribution in [2.75, 3.05) is 19.5 Å². The number of H-pyrrole nitrogens is 1. The number of alkyl halides is 3. The molecule has 9 heteroatoms. The standard InChI is InChI=1S/C15H13F3N2O4/c1-23-11-4-3-8(5-12(11)24-2)13(21)20-10-6-9(15(16,17)18)7-19-14(10)22/h3-7H,1-2H3,(H,19,22)(H,20,21). The van der Waals surface area contributed by atoms with Crippen molar-refractivity contribution in [1.29, 1.82) is 0 Å². The highest BCUT2D eigenvalue weighted by molar-refractivity contribution is 6.04. The molecule has 0 radical (unpaired) electrons. The maximum absolute atomic E-state index is 12.7. The SMILES string of the molecule is COc1ccc(C(=O)Nc2cc(C(F)(F)F)c[nH]c2=O)cc1OC. The monoisotopic (exact) mass is 342 g/mol. The molecule has 0 saturated carbocycles. The lowest BCUT2D eigenvalue weighted by atomic mass is 10.1. The van der Waals surface area contributed by atoms with Crippen LogP contribution < -0.4 is 20.3 Å². The van der Waals surface area contributed by atoms with E-state index in [4.69, 9.17) is 9.47 Å². The first-order valence-electron chi connectivity index (χ1n) is 6.59. The molecule has 1 aromatic carbocycles. The summed E-state index contributed by atoms with van der Waals surface area (Å²) >= 11 is 0. The predicted molar refractivity (Wildman–Crippen MR) is 79.6 cm³/mol. The number of hydrogen-bond acceptors (Lipinski definition) is 4. The zero-order valence-electron chi connectivity index (χ0n) is 12.7. The van der Waals surface area contributed by atoms with Crippen molar-refractivity contribution in [3.05, 3.63) is 51.9 Å². The topological polar surface area (TPSA) is 80.4 Å². The van der Waals surface area contributed by atoms with E-state index < -0.39 is 28.9 Å². The third-order valence-corrected chi connectivity index (χ3v) is 3.12. The van der Waals surface area contributed by atoms with E-state index in [1.807, 2.05) is 4.98 Å². The molecule has 1 heterocycles. The summed E-state index contributed by atoms with van der Waals surface area (Å²) in [7, 11) is 2.79. The smallest absolute Gasteiger partial charge is 0.417 e. The van der Waals surface area contributed by atoms with Crippen LogP contribution in [-0.2, 0) is 6.18 Å². The molecule has 0 fully saturated rings. The molecule has 0 bridgehead atoms. The summed E-state index contributed by atoms with van der Waals surface area (Å²) in [6.07, 6.45) is -4.11. The quantitative estimate of drug-likeness (QED) is 0.895. The minimum absolute atomic E-state index is 0.0875. The molecular formula is C15H13F3N2O4. The molecule has 1 amide bonds. The van der Waals surface area contributed by atoms with Crippen LogP contribution in [0.25, 0.3) is 0 Å². The summed E-state index contributed by atoms with van der Waals surface area (Å²) in [6, 6.07) is 4.76. The van der Waals surface area contributed by atoms with Crippen LogP contribution in [0.15, 0.2) is 35.3 Å². The van der Waals surface area contributed by atoms with Crippen LogP contribution in [-0.4, -0.2) is 25.1 Å². The zero-order chi connectivity index (χ0) is 17.9. The first kappa shape index (κ1) is 17.4. The molecule has 2 aromatic rings. The lowest BCUT2D eigenvalue weighted by Crippen LogP contribution is -2.21. The van der Waals surface area contributed by atoms with E-state index in [0.29, 0.717) is 18.0 Å². The van der Waals surface area contributed by atoms with Gasteiger partial charge < -0.3 is 19.8 Å². The van der Waals surface area contributed by atoms with Crippen molar-refractivity contribution in [3.63, 3.8) is 0 Å². The Kier molecular flexibility index (Phi) is 4.82. The Morgan fingerprint density at radius 2 is 1.79 bits per heavy atom.